The summed E-state index contributed by atoms with van der Waals surface area (Å²) < 4.78 is 5.69. The van der Waals surface area contributed by atoms with Crippen LogP contribution in [-0.4, -0.2) is 30.8 Å². The molecule has 0 spiro atoms. The maximum atomic E-state index is 11.1. The van der Waals surface area contributed by atoms with Crippen LogP contribution in [0.25, 0.3) is 0 Å². The monoisotopic (exact) mass is 308 g/mol. The Bertz CT molecular complexity index is 412. The molecule has 0 amide bonds. The Morgan fingerprint density at radius 1 is 1.05 bits per heavy atom. The fraction of sp³-hybridized carbons (Fsp3) is 0.684. The molecule has 0 aliphatic heterocycles. The molecular formula is C19H34NO2+. The first kappa shape index (κ1) is 19.0. The fourth-order valence-corrected chi connectivity index (χ4v) is 2.93. The molecule has 22 heavy (non-hydrogen) atoms. The predicted octanol–water partition coefficient (Wildman–Crippen LogP) is 2.78. The number of aliphatic hydroxyl groups is 1. The largest absolute Gasteiger partial charge is 0.491 e. The van der Waals surface area contributed by atoms with Gasteiger partial charge in [-0.2, -0.15) is 0 Å². The minimum atomic E-state index is -0.722. The lowest BCUT2D eigenvalue weighted by Crippen LogP contribution is -3.11. The summed E-state index contributed by atoms with van der Waals surface area (Å²) in [4.78, 5) is 1.54. The number of hydrogen-bond donors (Lipinski definition) is 2. The number of benzene rings is 1. The maximum Gasteiger partial charge on any atom is 0.119 e. The molecule has 3 heteroatoms. The lowest BCUT2D eigenvalue weighted by molar-refractivity contribution is -0.897. The number of quaternary nitrogens is 1. The third kappa shape index (κ3) is 5.62. The van der Waals surface area contributed by atoms with Crippen molar-refractivity contribution < 1.29 is 14.7 Å². The van der Waals surface area contributed by atoms with Crippen molar-refractivity contribution in [3.63, 3.8) is 0 Å². The summed E-state index contributed by atoms with van der Waals surface area (Å²) in [5.74, 6) is 0.868. The van der Waals surface area contributed by atoms with Crippen LogP contribution in [-0.2, 0) is 5.60 Å². The smallest absolute Gasteiger partial charge is 0.119 e. The molecule has 0 aromatic heterocycles. The van der Waals surface area contributed by atoms with Gasteiger partial charge in [0.1, 0.15) is 5.75 Å². The average Bonchev–Trinajstić information content (AvgIpc) is 2.48. The lowest BCUT2D eigenvalue weighted by Gasteiger charge is -2.30. The SMILES string of the molecule is CCCC(O)(CC[NH+](CC)CC)c1ccc(OC(C)C)cc1. The fourth-order valence-electron chi connectivity index (χ4n) is 2.93. The normalized spacial score (nSPS) is 14.4. The first-order valence-electron chi connectivity index (χ1n) is 8.78. The Kier molecular flexibility index (Phi) is 7.91. The van der Waals surface area contributed by atoms with Crippen LogP contribution in [0.15, 0.2) is 24.3 Å². The third-order valence-electron chi connectivity index (χ3n) is 4.32. The summed E-state index contributed by atoms with van der Waals surface area (Å²) in [5, 5.41) is 11.1. The molecule has 0 saturated heterocycles. The Balaban J connectivity index is 2.83. The van der Waals surface area contributed by atoms with Gasteiger partial charge < -0.3 is 14.7 Å². The first-order valence-corrected chi connectivity index (χ1v) is 8.78. The Hall–Kier alpha value is -1.06. The van der Waals surface area contributed by atoms with Crippen LogP contribution in [0.1, 0.15) is 59.4 Å². The van der Waals surface area contributed by atoms with E-state index in [1.54, 1.807) is 0 Å². The maximum absolute atomic E-state index is 11.1. The van der Waals surface area contributed by atoms with E-state index < -0.39 is 5.60 Å². The van der Waals surface area contributed by atoms with Crippen molar-refractivity contribution in [2.45, 2.75) is 65.6 Å². The molecule has 2 N–H and O–H groups in total. The van der Waals surface area contributed by atoms with Crippen molar-refractivity contribution in [1.29, 1.82) is 0 Å². The van der Waals surface area contributed by atoms with Gasteiger partial charge in [0, 0.05) is 6.42 Å². The van der Waals surface area contributed by atoms with Crippen molar-refractivity contribution >= 4 is 0 Å². The number of nitrogens with one attached hydrogen (secondary N) is 1. The molecule has 3 nitrogen and oxygen atoms in total. The Labute approximate surface area is 136 Å². The van der Waals surface area contributed by atoms with Crippen molar-refractivity contribution in [2.24, 2.45) is 0 Å². The van der Waals surface area contributed by atoms with Gasteiger partial charge in [-0.1, -0.05) is 25.5 Å². The van der Waals surface area contributed by atoms with Crippen molar-refractivity contribution in [1.82, 2.24) is 0 Å². The number of ether oxygens (including phenoxy) is 1. The van der Waals surface area contributed by atoms with Crippen LogP contribution < -0.4 is 9.64 Å². The van der Waals surface area contributed by atoms with Gasteiger partial charge in [0.25, 0.3) is 0 Å². The van der Waals surface area contributed by atoms with Crippen LogP contribution in [0.2, 0.25) is 0 Å². The summed E-state index contributed by atoms with van der Waals surface area (Å²) in [7, 11) is 0. The standard InChI is InChI=1S/C19H33NO2/c1-6-13-19(21,14-15-20(7-2)8-3)17-9-11-18(12-10-17)22-16(4)5/h9-12,16,21H,6-8,13-15H2,1-5H3/p+1. The second-order valence-electron chi connectivity index (χ2n) is 6.43. The van der Waals surface area contributed by atoms with Gasteiger partial charge in [0.15, 0.2) is 0 Å². The molecule has 0 heterocycles. The Morgan fingerprint density at radius 2 is 1.64 bits per heavy atom. The molecule has 0 bridgehead atoms. The van der Waals surface area contributed by atoms with E-state index in [4.69, 9.17) is 4.74 Å². The van der Waals surface area contributed by atoms with Crippen molar-refractivity contribution in [3.8, 4) is 5.75 Å². The number of hydrogen-bond acceptors (Lipinski definition) is 2. The van der Waals surface area contributed by atoms with Crippen molar-refractivity contribution in [3.05, 3.63) is 29.8 Å². The van der Waals surface area contributed by atoms with E-state index in [0.29, 0.717) is 0 Å². The first-order chi connectivity index (χ1) is 10.4. The van der Waals surface area contributed by atoms with Gasteiger partial charge in [0.2, 0.25) is 0 Å². The minimum absolute atomic E-state index is 0.173. The van der Waals surface area contributed by atoms with Gasteiger partial charge in [-0.3, -0.25) is 0 Å². The summed E-state index contributed by atoms with van der Waals surface area (Å²) in [5.41, 5.74) is 0.290. The van der Waals surface area contributed by atoms with E-state index in [1.807, 2.05) is 38.1 Å². The second kappa shape index (κ2) is 9.16. The Morgan fingerprint density at radius 3 is 2.09 bits per heavy atom. The van der Waals surface area contributed by atoms with Crippen LogP contribution in [0.5, 0.6) is 5.75 Å². The highest BCUT2D eigenvalue weighted by molar-refractivity contribution is 5.31. The summed E-state index contributed by atoms with van der Waals surface area (Å²) in [6.07, 6.45) is 2.76. The average molecular weight is 308 g/mol. The van der Waals surface area contributed by atoms with Gasteiger partial charge in [-0.25, -0.2) is 0 Å². The molecule has 1 unspecified atom stereocenters. The highest BCUT2D eigenvalue weighted by atomic mass is 16.5. The summed E-state index contributed by atoms with van der Waals surface area (Å²) in [6.45, 7) is 13.8. The topological polar surface area (TPSA) is 33.9 Å². The molecule has 1 aromatic carbocycles. The molecule has 0 radical (unpaired) electrons. The van der Waals surface area contributed by atoms with E-state index >= 15 is 0 Å². The predicted molar refractivity (Wildman–Crippen MR) is 92.5 cm³/mol. The highest BCUT2D eigenvalue weighted by Crippen LogP contribution is 2.31. The summed E-state index contributed by atoms with van der Waals surface area (Å²) >= 11 is 0. The van der Waals surface area contributed by atoms with E-state index in [1.165, 1.54) is 4.90 Å². The molecule has 0 fully saturated rings. The quantitative estimate of drug-likeness (QED) is 0.697. The van der Waals surface area contributed by atoms with Crippen LogP contribution in [0, 0.1) is 0 Å². The molecule has 1 atom stereocenters. The van der Waals surface area contributed by atoms with Gasteiger partial charge in [-0.15, -0.1) is 0 Å². The molecule has 0 aliphatic carbocycles. The molecule has 0 aliphatic rings. The van der Waals surface area contributed by atoms with E-state index in [0.717, 1.165) is 50.2 Å². The zero-order valence-electron chi connectivity index (χ0n) is 15.0. The van der Waals surface area contributed by atoms with E-state index in [-0.39, 0.29) is 6.10 Å². The molecular weight excluding hydrogens is 274 g/mol. The highest BCUT2D eigenvalue weighted by Gasteiger charge is 2.29. The molecule has 1 aromatic rings. The van der Waals surface area contributed by atoms with E-state index in [2.05, 4.69) is 20.8 Å². The van der Waals surface area contributed by atoms with Crippen LogP contribution in [0.4, 0.5) is 0 Å². The zero-order valence-corrected chi connectivity index (χ0v) is 15.0. The van der Waals surface area contributed by atoms with Gasteiger partial charge in [0.05, 0.1) is 31.3 Å². The molecule has 0 saturated carbocycles. The van der Waals surface area contributed by atoms with E-state index in [9.17, 15) is 5.11 Å². The van der Waals surface area contributed by atoms with Crippen LogP contribution in [0.3, 0.4) is 0 Å². The van der Waals surface area contributed by atoms with Crippen LogP contribution >= 0.6 is 0 Å². The van der Waals surface area contributed by atoms with Crippen molar-refractivity contribution in [2.75, 3.05) is 19.6 Å². The molecule has 1 rings (SSSR count). The second-order valence-corrected chi connectivity index (χ2v) is 6.43. The molecule has 126 valence electrons. The summed E-state index contributed by atoms with van der Waals surface area (Å²) in [6, 6.07) is 7.98. The lowest BCUT2D eigenvalue weighted by atomic mass is 9.86. The zero-order chi connectivity index (χ0) is 16.6. The van der Waals surface area contributed by atoms with Gasteiger partial charge >= 0.3 is 0 Å². The minimum Gasteiger partial charge on any atom is -0.491 e. The van der Waals surface area contributed by atoms with Gasteiger partial charge in [-0.05, 0) is 51.8 Å². The third-order valence-corrected chi connectivity index (χ3v) is 4.32. The number of rotatable bonds is 10.